The molecule has 0 spiro atoms. The van der Waals surface area contributed by atoms with E-state index in [0.717, 1.165) is 0 Å². The van der Waals surface area contributed by atoms with Gasteiger partial charge >= 0.3 is 0 Å². The lowest BCUT2D eigenvalue weighted by Crippen LogP contribution is -2.32. The van der Waals surface area contributed by atoms with Gasteiger partial charge in [-0.15, -0.1) is 0 Å². The normalized spacial score (nSPS) is 13.2. The molecule has 7 heteroatoms. The second-order valence-corrected chi connectivity index (χ2v) is 6.25. The minimum atomic E-state index is -0.301. The summed E-state index contributed by atoms with van der Waals surface area (Å²) >= 11 is 11.7. The molecule has 0 fully saturated rings. The Morgan fingerprint density at radius 2 is 2.05 bits per heavy atom. The van der Waals surface area contributed by atoms with Crippen molar-refractivity contribution in [1.82, 2.24) is 9.97 Å². The third-order valence-corrected chi connectivity index (χ3v) is 3.24. The van der Waals surface area contributed by atoms with Crippen LogP contribution in [0.5, 0.6) is 0 Å². The summed E-state index contributed by atoms with van der Waals surface area (Å²) in [5, 5.41) is 2.87. The van der Waals surface area contributed by atoms with E-state index >= 15 is 0 Å². The summed E-state index contributed by atoms with van der Waals surface area (Å²) in [4.78, 5) is 19.7. The maximum atomic E-state index is 12.1. The van der Waals surface area contributed by atoms with Crippen LogP contribution in [0.25, 0.3) is 0 Å². The van der Waals surface area contributed by atoms with Gasteiger partial charge in [0.25, 0.3) is 0 Å². The SMILES string of the molecule is CC(C)(C)CC(CN)C(=O)Nc1ncnc(Cl)c1Cl. The van der Waals surface area contributed by atoms with Crippen LogP contribution in [0, 0.1) is 11.3 Å². The molecule has 106 valence electrons. The first-order valence-electron chi connectivity index (χ1n) is 5.91. The first kappa shape index (κ1) is 16.1. The van der Waals surface area contributed by atoms with E-state index < -0.39 is 0 Å². The van der Waals surface area contributed by atoms with Crippen LogP contribution in [-0.4, -0.2) is 22.4 Å². The first-order chi connectivity index (χ1) is 8.74. The predicted octanol–water partition coefficient (Wildman–Crippen LogP) is 2.73. The molecule has 0 aliphatic carbocycles. The fourth-order valence-electron chi connectivity index (χ4n) is 1.68. The van der Waals surface area contributed by atoms with E-state index in [1.54, 1.807) is 0 Å². The van der Waals surface area contributed by atoms with E-state index in [9.17, 15) is 4.79 Å². The standard InChI is InChI=1S/C12H18Cl2N4O/c1-12(2,3)4-7(5-15)11(19)18-10-8(13)9(14)16-6-17-10/h6-7H,4-5,15H2,1-3H3,(H,16,17,18,19). The number of amides is 1. The van der Waals surface area contributed by atoms with Gasteiger partial charge in [0, 0.05) is 6.54 Å². The van der Waals surface area contributed by atoms with Crippen LogP contribution in [0.3, 0.4) is 0 Å². The second kappa shape index (κ2) is 6.50. The van der Waals surface area contributed by atoms with Crippen molar-refractivity contribution in [3.05, 3.63) is 16.5 Å². The number of nitrogens with one attached hydrogen (secondary N) is 1. The molecule has 0 saturated carbocycles. The smallest absolute Gasteiger partial charge is 0.229 e. The number of rotatable bonds is 4. The van der Waals surface area contributed by atoms with Crippen LogP contribution < -0.4 is 11.1 Å². The number of carbonyl (C=O) groups is 1. The highest BCUT2D eigenvalue weighted by Gasteiger charge is 2.24. The van der Waals surface area contributed by atoms with E-state index in [1.165, 1.54) is 6.33 Å². The monoisotopic (exact) mass is 304 g/mol. The number of anilines is 1. The molecule has 1 aromatic heterocycles. The third kappa shape index (κ3) is 4.93. The maximum Gasteiger partial charge on any atom is 0.229 e. The van der Waals surface area contributed by atoms with Gasteiger partial charge in [-0.3, -0.25) is 4.79 Å². The van der Waals surface area contributed by atoms with Gasteiger partial charge in [0.05, 0.1) is 5.92 Å². The van der Waals surface area contributed by atoms with Gasteiger partial charge in [-0.25, -0.2) is 9.97 Å². The van der Waals surface area contributed by atoms with Gasteiger partial charge in [-0.1, -0.05) is 44.0 Å². The van der Waals surface area contributed by atoms with E-state index in [2.05, 4.69) is 36.1 Å². The fraction of sp³-hybridized carbons (Fsp3) is 0.583. The van der Waals surface area contributed by atoms with Crippen molar-refractivity contribution in [2.75, 3.05) is 11.9 Å². The Morgan fingerprint density at radius 1 is 1.42 bits per heavy atom. The molecule has 1 atom stereocenters. The zero-order chi connectivity index (χ0) is 14.6. The Balaban J connectivity index is 2.80. The molecule has 5 nitrogen and oxygen atoms in total. The highest BCUT2D eigenvalue weighted by molar-refractivity contribution is 6.42. The molecule has 0 saturated heterocycles. The lowest BCUT2D eigenvalue weighted by atomic mass is 9.84. The summed E-state index contributed by atoms with van der Waals surface area (Å²) < 4.78 is 0. The Hall–Kier alpha value is -0.910. The predicted molar refractivity (Wildman–Crippen MR) is 77.3 cm³/mol. The van der Waals surface area contributed by atoms with Crippen LogP contribution in [0.4, 0.5) is 5.82 Å². The van der Waals surface area contributed by atoms with Crippen LogP contribution in [0.2, 0.25) is 10.2 Å². The summed E-state index contributed by atoms with van der Waals surface area (Å²) in [6.45, 7) is 6.42. The number of hydrogen-bond donors (Lipinski definition) is 2. The highest BCUT2D eigenvalue weighted by Crippen LogP contribution is 2.28. The molecule has 0 aliphatic rings. The number of aromatic nitrogens is 2. The lowest BCUT2D eigenvalue weighted by Gasteiger charge is -2.24. The summed E-state index contributed by atoms with van der Waals surface area (Å²) in [5.74, 6) is -0.307. The van der Waals surface area contributed by atoms with E-state index in [-0.39, 0.29) is 39.8 Å². The lowest BCUT2D eigenvalue weighted by molar-refractivity contribution is -0.120. The van der Waals surface area contributed by atoms with E-state index in [1.807, 2.05) is 0 Å². The molecule has 3 N–H and O–H groups in total. The number of carbonyl (C=O) groups excluding carboxylic acids is 1. The van der Waals surface area contributed by atoms with Gasteiger partial charge < -0.3 is 11.1 Å². The molecule has 0 aliphatic heterocycles. The Kier molecular flexibility index (Phi) is 5.52. The zero-order valence-corrected chi connectivity index (χ0v) is 12.7. The number of nitrogens with two attached hydrogens (primary N) is 1. The topological polar surface area (TPSA) is 80.9 Å². The summed E-state index contributed by atoms with van der Waals surface area (Å²) in [6.07, 6.45) is 1.91. The Labute approximate surface area is 122 Å². The van der Waals surface area contributed by atoms with Gasteiger partial charge in [-0.2, -0.15) is 0 Å². The van der Waals surface area contributed by atoms with Crippen LogP contribution >= 0.6 is 23.2 Å². The van der Waals surface area contributed by atoms with Crippen molar-refractivity contribution >= 4 is 34.9 Å². The molecule has 0 bridgehead atoms. The van der Waals surface area contributed by atoms with Crippen molar-refractivity contribution in [3.63, 3.8) is 0 Å². The molecule has 1 amide bonds. The van der Waals surface area contributed by atoms with Crippen LogP contribution in [-0.2, 0) is 4.79 Å². The molecule has 1 rings (SSSR count). The average Bonchev–Trinajstić information content (AvgIpc) is 2.30. The minimum Gasteiger partial charge on any atom is -0.330 e. The summed E-state index contributed by atoms with van der Waals surface area (Å²) in [5.41, 5.74) is 5.66. The number of hydrogen-bond acceptors (Lipinski definition) is 4. The Bertz CT molecular complexity index is 460. The molecule has 0 radical (unpaired) electrons. The zero-order valence-electron chi connectivity index (χ0n) is 11.2. The molecule has 1 unspecified atom stereocenters. The van der Waals surface area contributed by atoms with E-state index in [0.29, 0.717) is 6.42 Å². The molecule has 19 heavy (non-hydrogen) atoms. The van der Waals surface area contributed by atoms with Gasteiger partial charge in [0.15, 0.2) is 11.0 Å². The summed E-state index contributed by atoms with van der Waals surface area (Å²) in [6, 6.07) is 0. The highest BCUT2D eigenvalue weighted by atomic mass is 35.5. The molecule has 0 aromatic carbocycles. The quantitative estimate of drug-likeness (QED) is 0.838. The van der Waals surface area contributed by atoms with Crippen LogP contribution in [0.1, 0.15) is 27.2 Å². The minimum absolute atomic E-state index is 0.00842. The van der Waals surface area contributed by atoms with Crippen molar-refractivity contribution in [2.24, 2.45) is 17.1 Å². The number of nitrogens with zero attached hydrogens (tertiary/aromatic N) is 2. The molecular formula is C12H18Cl2N4O. The van der Waals surface area contributed by atoms with Gasteiger partial charge in [0.2, 0.25) is 5.91 Å². The van der Waals surface area contributed by atoms with Crippen LogP contribution in [0.15, 0.2) is 6.33 Å². The van der Waals surface area contributed by atoms with Gasteiger partial charge in [0.1, 0.15) is 11.3 Å². The van der Waals surface area contributed by atoms with Crippen molar-refractivity contribution in [1.29, 1.82) is 0 Å². The first-order valence-corrected chi connectivity index (χ1v) is 6.67. The third-order valence-electron chi connectivity index (χ3n) is 2.50. The number of halogens is 2. The molecular weight excluding hydrogens is 287 g/mol. The largest absolute Gasteiger partial charge is 0.330 e. The second-order valence-electron chi connectivity index (χ2n) is 5.51. The molecule has 1 aromatic rings. The van der Waals surface area contributed by atoms with Crippen molar-refractivity contribution in [3.8, 4) is 0 Å². The summed E-state index contributed by atoms with van der Waals surface area (Å²) in [7, 11) is 0. The van der Waals surface area contributed by atoms with E-state index in [4.69, 9.17) is 28.9 Å². The van der Waals surface area contributed by atoms with Gasteiger partial charge in [-0.05, 0) is 11.8 Å². The maximum absolute atomic E-state index is 12.1. The van der Waals surface area contributed by atoms with Crippen molar-refractivity contribution in [2.45, 2.75) is 27.2 Å². The Morgan fingerprint density at radius 3 is 2.58 bits per heavy atom. The average molecular weight is 305 g/mol. The fourth-order valence-corrected chi connectivity index (χ4v) is 1.95. The molecule has 1 heterocycles. The van der Waals surface area contributed by atoms with Crippen molar-refractivity contribution < 1.29 is 4.79 Å².